The first kappa shape index (κ1) is 12.7. The summed E-state index contributed by atoms with van der Waals surface area (Å²) in [6.45, 7) is 2.09. The molecule has 0 saturated carbocycles. The number of rotatable bonds is 2. The second-order valence-corrected chi connectivity index (χ2v) is 5.85. The van der Waals surface area contributed by atoms with Gasteiger partial charge in [0.25, 0.3) is 0 Å². The maximum atomic E-state index is 12.1. The van der Waals surface area contributed by atoms with Gasteiger partial charge >= 0.3 is 5.97 Å². The van der Waals surface area contributed by atoms with Gasteiger partial charge in [-0.05, 0) is 31.7 Å². The van der Waals surface area contributed by atoms with Gasteiger partial charge in [0.2, 0.25) is 0 Å². The highest BCUT2D eigenvalue weighted by Crippen LogP contribution is 2.42. The maximum Gasteiger partial charge on any atom is 0.310 e. The topological polar surface area (TPSA) is 38.3 Å². The lowest BCUT2D eigenvalue weighted by Gasteiger charge is -2.36. The molecule has 1 aromatic carbocycles. The van der Waals surface area contributed by atoms with Gasteiger partial charge in [-0.2, -0.15) is 0 Å². The van der Waals surface area contributed by atoms with Crippen molar-refractivity contribution in [2.75, 3.05) is 7.11 Å². The lowest BCUT2D eigenvalue weighted by atomic mass is 9.77. The fourth-order valence-electron chi connectivity index (χ4n) is 3.67. The summed E-state index contributed by atoms with van der Waals surface area (Å²) >= 11 is 0. The molecule has 0 aliphatic carbocycles. The molecule has 102 valence electrons. The van der Waals surface area contributed by atoms with Crippen molar-refractivity contribution < 1.29 is 9.53 Å². The van der Waals surface area contributed by atoms with E-state index in [1.165, 1.54) is 24.7 Å². The van der Waals surface area contributed by atoms with Gasteiger partial charge < -0.3 is 10.1 Å². The molecule has 19 heavy (non-hydrogen) atoms. The minimum atomic E-state index is -0.0663. The summed E-state index contributed by atoms with van der Waals surface area (Å²) in [5.74, 6) is 0.196. The summed E-state index contributed by atoms with van der Waals surface area (Å²) in [7, 11) is 1.50. The number of piperidine rings is 1. The molecule has 2 aliphatic heterocycles. The summed E-state index contributed by atoms with van der Waals surface area (Å²) in [4.78, 5) is 12.1. The quantitative estimate of drug-likeness (QED) is 0.829. The Labute approximate surface area is 114 Å². The first-order valence-corrected chi connectivity index (χ1v) is 7.09. The van der Waals surface area contributed by atoms with Crippen LogP contribution in [0.1, 0.15) is 36.3 Å². The molecule has 2 fully saturated rings. The number of methoxy groups -OCH3 is 1. The number of hydrogen-bond acceptors (Lipinski definition) is 3. The second-order valence-electron chi connectivity index (χ2n) is 5.85. The third-order valence-electron chi connectivity index (χ3n) is 4.66. The summed E-state index contributed by atoms with van der Waals surface area (Å²) in [5, 5.41) is 3.57. The van der Waals surface area contributed by atoms with Crippen LogP contribution in [0.3, 0.4) is 0 Å². The molecule has 2 bridgehead atoms. The zero-order chi connectivity index (χ0) is 13.4. The molecule has 1 N–H and O–H groups in total. The third kappa shape index (κ3) is 2.27. The van der Waals surface area contributed by atoms with Gasteiger partial charge in [-0.1, -0.05) is 29.8 Å². The van der Waals surface area contributed by atoms with Crippen molar-refractivity contribution in [1.82, 2.24) is 5.32 Å². The van der Waals surface area contributed by atoms with E-state index in [2.05, 4.69) is 36.5 Å². The highest BCUT2D eigenvalue weighted by molar-refractivity contribution is 5.75. The van der Waals surface area contributed by atoms with Crippen LogP contribution in [0.4, 0.5) is 0 Å². The average Bonchev–Trinajstić information content (AvgIpc) is 2.80. The fourth-order valence-corrected chi connectivity index (χ4v) is 3.67. The largest absolute Gasteiger partial charge is 0.469 e. The molecule has 2 saturated heterocycles. The molecular weight excluding hydrogens is 238 g/mol. The Morgan fingerprint density at radius 1 is 1.26 bits per heavy atom. The predicted molar refractivity (Wildman–Crippen MR) is 74.0 cm³/mol. The van der Waals surface area contributed by atoms with E-state index in [4.69, 9.17) is 4.74 Å². The molecule has 2 heterocycles. The van der Waals surface area contributed by atoms with Gasteiger partial charge in [0.1, 0.15) is 0 Å². The zero-order valence-corrected chi connectivity index (χ0v) is 11.6. The first-order valence-electron chi connectivity index (χ1n) is 7.09. The van der Waals surface area contributed by atoms with Gasteiger partial charge in [-0.15, -0.1) is 0 Å². The van der Waals surface area contributed by atoms with Crippen LogP contribution in [0.5, 0.6) is 0 Å². The normalized spacial score (nSPS) is 33.2. The number of carbonyl (C=O) groups excluding carboxylic acids is 1. The molecule has 2 aliphatic rings. The van der Waals surface area contributed by atoms with Crippen LogP contribution in [0.2, 0.25) is 0 Å². The Balaban J connectivity index is 1.92. The smallest absolute Gasteiger partial charge is 0.310 e. The van der Waals surface area contributed by atoms with E-state index >= 15 is 0 Å². The number of aryl methyl sites for hydroxylation is 1. The molecule has 0 spiro atoms. The van der Waals surface area contributed by atoms with Crippen LogP contribution in [0, 0.1) is 12.8 Å². The summed E-state index contributed by atoms with van der Waals surface area (Å²) in [5.41, 5.74) is 2.54. The van der Waals surface area contributed by atoms with Gasteiger partial charge in [-0.25, -0.2) is 0 Å². The standard InChI is InChI=1S/C16H21NO2/c1-10-3-5-11(6-4-10)13-9-12-7-8-14(17-12)15(13)16(18)19-2/h3-6,12-15,17H,7-9H2,1-2H3/t12-,13+,14+,15-/m0/s1. The van der Waals surface area contributed by atoms with Crippen LogP contribution < -0.4 is 5.32 Å². The maximum absolute atomic E-state index is 12.1. The van der Waals surface area contributed by atoms with Crippen LogP contribution >= 0.6 is 0 Å². The van der Waals surface area contributed by atoms with Gasteiger partial charge in [0.15, 0.2) is 0 Å². The Bertz CT molecular complexity index is 468. The summed E-state index contributed by atoms with van der Waals surface area (Å²) in [6, 6.07) is 9.46. The lowest BCUT2D eigenvalue weighted by molar-refractivity contribution is -0.148. The van der Waals surface area contributed by atoms with E-state index in [9.17, 15) is 4.79 Å². The monoisotopic (exact) mass is 259 g/mol. The number of benzene rings is 1. The van der Waals surface area contributed by atoms with Crippen molar-refractivity contribution in [2.24, 2.45) is 5.92 Å². The lowest BCUT2D eigenvalue weighted by Crippen LogP contribution is -2.48. The van der Waals surface area contributed by atoms with Crippen molar-refractivity contribution in [1.29, 1.82) is 0 Å². The van der Waals surface area contributed by atoms with Crippen molar-refractivity contribution in [3.8, 4) is 0 Å². The van der Waals surface area contributed by atoms with Crippen molar-refractivity contribution in [2.45, 2.75) is 44.2 Å². The van der Waals surface area contributed by atoms with E-state index in [1.54, 1.807) is 0 Å². The molecule has 4 atom stereocenters. The van der Waals surface area contributed by atoms with E-state index in [0.717, 1.165) is 12.8 Å². The minimum absolute atomic E-state index is 0.0357. The Morgan fingerprint density at radius 2 is 2.00 bits per heavy atom. The number of fused-ring (bicyclic) bond motifs is 2. The predicted octanol–water partition coefficient (Wildman–Crippen LogP) is 2.39. The number of carbonyl (C=O) groups is 1. The fraction of sp³-hybridized carbons (Fsp3) is 0.562. The van der Waals surface area contributed by atoms with Gasteiger partial charge in [0.05, 0.1) is 13.0 Å². The number of ether oxygens (including phenoxy) is 1. The van der Waals surface area contributed by atoms with Crippen LogP contribution in [-0.4, -0.2) is 25.2 Å². The van der Waals surface area contributed by atoms with Crippen LogP contribution in [0.15, 0.2) is 24.3 Å². The zero-order valence-electron chi connectivity index (χ0n) is 11.6. The molecule has 0 radical (unpaired) electrons. The van der Waals surface area contributed by atoms with Crippen molar-refractivity contribution in [3.63, 3.8) is 0 Å². The highest BCUT2D eigenvalue weighted by Gasteiger charge is 2.46. The highest BCUT2D eigenvalue weighted by atomic mass is 16.5. The van der Waals surface area contributed by atoms with Crippen molar-refractivity contribution in [3.05, 3.63) is 35.4 Å². The number of nitrogens with one attached hydrogen (secondary N) is 1. The SMILES string of the molecule is COC(=O)[C@H]1[C@@H](c2ccc(C)cc2)C[C@@H]2CC[C@H]1N2. The van der Waals surface area contributed by atoms with E-state index in [1.807, 2.05) is 0 Å². The van der Waals surface area contributed by atoms with Gasteiger partial charge in [-0.3, -0.25) is 4.79 Å². The van der Waals surface area contributed by atoms with E-state index in [0.29, 0.717) is 12.0 Å². The molecule has 3 heteroatoms. The van der Waals surface area contributed by atoms with E-state index < -0.39 is 0 Å². The summed E-state index contributed by atoms with van der Waals surface area (Å²) < 4.78 is 5.04. The molecular formula is C16H21NO2. The molecule has 0 amide bonds. The Kier molecular flexibility index (Phi) is 3.31. The first-order chi connectivity index (χ1) is 9.19. The Hall–Kier alpha value is -1.35. The van der Waals surface area contributed by atoms with Crippen LogP contribution in [0.25, 0.3) is 0 Å². The average molecular weight is 259 g/mol. The number of hydrogen-bond donors (Lipinski definition) is 1. The van der Waals surface area contributed by atoms with Gasteiger partial charge in [0, 0.05) is 18.0 Å². The molecule has 1 aromatic rings. The van der Waals surface area contributed by atoms with Crippen molar-refractivity contribution >= 4 is 5.97 Å². The third-order valence-corrected chi connectivity index (χ3v) is 4.66. The molecule has 0 aromatic heterocycles. The molecule has 0 unspecified atom stereocenters. The Morgan fingerprint density at radius 3 is 2.68 bits per heavy atom. The molecule has 3 rings (SSSR count). The number of esters is 1. The minimum Gasteiger partial charge on any atom is -0.469 e. The summed E-state index contributed by atoms with van der Waals surface area (Å²) in [6.07, 6.45) is 3.31. The second kappa shape index (κ2) is 4.97. The van der Waals surface area contributed by atoms with E-state index in [-0.39, 0.29) is 17.9 Å². The van der Waals surface area contributed by atoms with Crippen LogP contribution in [-0.2, 0) is 9.53 Å². The molecule has 3 nitrogen and oxygen atoms in total.